The highest BCUT2D eigenvalue weighted by molar-refractivity contribution is 8.00. The number of halogens is 2. The molecule has 7 heteroatoms. The van der Waals surface area contributed by atoms with Gasteiger partial charge in [-0.3, -0.25) is 9.59 Å². The molecule has 0 fully saturated rings. The van der Waals surface area contributed by atoms with Crippen LogP contribution >= 0.6 is 23.4 Å². The fourth-order valence-corrected chi connectivity index (χ4v) is 3.37. The third-order valence-electron chi connectivity index (χ3n) is 3.60. The van der Waals surface area contributed by atoms with Crippen LogP contribution in [0.15, 0.2) is 17.0 Å². The first-order chi connectivity index (χ1) is 12.3. The molecule has 1 aromatic carbocycles. The number of carbonyl (C=O) groups is 2. The molecule has 0 aliphatic heterocycles. The number of anilines is 1. The van der Waals surface area contributed by atoms with E-state index in [1.165, 1.54) is 17.8 Å². The molecule has 0 bridgehead atoms. The molecule has 0 aliphatic carbocycles. The molecular formula is C19H27ClFNO3S. The third-order valence-corrected chi connectivity index (χ3v) is 5.42. The van der Waals surface area contributed by atoms with Gasteiger partial charge in [0.05, 0.1) is 17.3 Å². The summed E-state index contributed by atoms with van der Waals surface area (Å²) < 4.78 is 19.3. The molecule has 0 saturated carbocycles. The Kier molecular flexibility index (Phi) is 10.0. The van der Waals surface area contributed by atoms with E-state index in [-0.39, 0.29) is 22.6 Å². The average molecular weight is 404 g/mol. The van der Waals surface area contributed by atoms with Gasteiger partial charge in [-0.05, 0) is 37.3 Å². The van der Waals surface area contributed by atoms with Crippen molar-refractivity contribution in [3.8, 4) is 0 Å². The molecule has 0 radical (unpaired) electrons. The zero-order valence-electron chi connectivity index (χ0n) is 15.7. The van der Waals surface area contributed by atoms with Crippen molar-refractivity contribution in [2.75, 3.05) is 11.9 Å². The molecular weight excluding hydrogens is 377 g/mol. The molecule has 0 aliphatic rings. The van der Waals surface area contributed by atoms with Gasteiger partial charge in [-0.15, -0.1) is 11.8 Å². The Morgan fingerprint density at radius 3 is 2.58 bits per heavy atom. The van der Waals surface area contributed by atoms with Crippen LogP contribution in [0.1, 0.15) is 53.4 Å². The van der Waals surface area contributed by atoms with Crippen LogP contribution in [-0.4, -0.2) is 23.7 Å². The monoisotopic (exact) mass is 403 g/mol. The zero-order chi connectivity index (χ0) is 19.7. The Bertz CT molecular complexity index is 625. The van der Waals surface area contributed by atoms with Gasteiger partial charge < -0.3 is 10.1 Å². The van der Waals surface area contributed by atoms with Crippen LogP contribution in [-0.2, 0) is 14.3 Å². The number of benzene rings is 1. The number of nitrogens with one attached hydrogen (secondary N) is 1. The first kappa shape index (κ1) is 22.8. The average Bonchev–Trinajstić information content (AvgIpc) is 2.59. The molecule has 1 amide bonds. The highest BCUT2D eigenvalue weighted by Gasteiger charge is 2.22. The van der Waals surface area contributed by atoms with E-state index in [0.717, 1.165) is 18.9 Å². The number of amides is 1. The van der Waals surface area contributed by atoms with Crippen molar-refractivity contribution in [1.29, 1.82) is 0 Å². The lowest BCUT2D eigenvalue weighted by Gasteiger charge is -2.16. The van der Waals surface area contributed by atoms with E-state index < -0.39 is 11.1 Å². The zero-order valence-corrected chi connectivity index (χ0v) is 17.3. The minimum Gasteiger partial charge on any atom is -0.465 e. The normalized spacial score (nSPS) is 12.1. The van der Waals surface area contributed by atoms with Crippen molar-refractivity contribution in [1.82, 2.24) is 0 Å². The molecule has 0 saturated heterocycles. The maximum Gasteiger partial charge on any atom is 0.319 e. The Hall–Kier alpha value is -1.27. The minimum atomic E-state index is -0.598. The number of thioether (sulfide) groups is 1. The summed E-state index contributed by atoms with van der Waals surface area (Å²) in [7, 11) is 0. The van der Waals surface area contributed by atoms with Crippen molar-refractivity contribution in [3.05, 3.63) is 23.0 Å². The largest absolute Gasteiger partial charge is 0.465 e. The molecule has 0 aromatic heterocycles. The van der Waals surface area contributed by atoms with E-state index in [1.54, 1.807) is 0 Å². The lowest BCUT2D eigenvalue weighted by atomic mass is 10.1. The van der Waals surface area contributed by atoms with Gasteiger partial charge >= 0.3 is 5.97 Å². The number of ether oxygens (including phenoxy) is 1. The molecule has 0 heterocycles. The summed E-state index contributed by atoms with van der Waals surface area (Å²) in [6.07, 6.45) is 2.35. The predicted molar refractivity (Wildman–Crippen MR) is 105 cm³/mol. The van der Waals surface area contributed by atoms with Crippen molar-refractivity contribution in [2.45, 2.75) is 63.5 Å². The van der Waals surface area contributed by atoms with Crippen LogP contribution in [0.25, 0.3) is 0 Å². The van der Waals surface area contributed by atoms with E-state index in [4.69, 9.17) is 16.3 Å². The highest BCUT2D eigenvalue weighted by atomic mass is 35.5. The summed E-state index contributed by atoms with van der Waals surface area (Å²) in [5.74, 6) is -0.771. The molecule has 1 rings (SSSR count). The molecule has 1 unspecified atom stereocenters. The van der Waals surface area contributed by atoms with E-state index in [9.17, 15) is 14.0 Å². The molecule has 4 nitrogen and oxygen atoms in total. The molecule has 1 N–H and O–H groups in total. The van der Waals surface area contributed by atoms with Crippen LogP contribution in [0, 0.1) is 11.7 Å². The number of hydrogen-bond donors (Lipinski definition) is 1. The number of carbonyl (C=O) groups excluding carboxylic acids is 2. The van der Waals surface area contributed by atoms with Gasteiger partial charge in [-0.1, -0.05) is 39.3 Å². The molecule has 26 heavy (non-hydrogen) atoms. The van der Waals surface area contributed by atoms with Crippen LogP contribution in [0.4, 0.5) is 10.1 Å². The Balaban J connectivity index is 2.88. The van der Waals surface area contributed by atoms with Crippen molar-refractivity contribution >= 4 is 40.9 Å². The predicted octanol–water partition coefficient (Wildman–Crippen LogP) is 5.68. The Morgan fingerprint density at radius 2 is 2.00 bits per heavy atom. The van der Waals surface area contributed by atoms with E-state index >= 15 is 0 Å². The second-order valence-electron chi connectivity index (χ2n) is 6.43. The maximum atomic E-state index is 14.1. The topological polar surface area (TPSA) is 55.4 Å². The number of esters is 1. The second-order valence-corrected chi connectivity index (χ2v) is 8.08. The fraction of sp³-hybridized carbons (Fsp3) is 0.579. The summed E-state index contributed by atoms with van der Waals surface area (Å²) in [6.45, 7) is 8.20. The van der Waals surface area contributed by atoms with Crippen LogP contribution < -0.4 is 5.32 Å². The quantitative estimate of drug-likeness (QED) is 0.403. The summed E-state index contributed by atoms with van der Waals surface area (Å²) in [6, 6.07) is 2.64. The second kappa shape index (κ2) is 11.4. The van der Waals surface area contributed by atoms with Crippen LogP contribution in [0.5, 0.6) is 0 Å². The summed E-state index contributed by atoms with van der Waals surface area (Å²) in [5, 5.41) is 2.35. The number of hydrogen-bond acceptors (Lipinski definition) is 4. The third kappa shape index (κ3) is 7.54. The van der Waals surface area contributed by atoms with Gasteiger partial charge in [-0.2, -0.15) is 0 Å². The van der Waals surface area contributed by atoms with Gasteiger partial charge in [0.1, 0.15) is 11.1 Å². The lowest BCUT2D eigenvalue weighted by molar-refractivity contribution is -0.143. The van der Waals surface area contributed by atoms with Gasteiger partial charge in [0.15, 0.2) is 0 Å². The van der Waals surface area contributed by atoms with Gasteiger partial charge in [0.2, 0.25) is 5.91 Å². The Morgan fingerprint density at radius 1 is 1.31 bits per heavy atom. The molecule has 0 spiro atoms. The minimum absolute atomic E-state index is 0.0717. The summed E-state index contributed by atoms with van der Waals surface area (Å²) >= 11 is 7.34. The van der Waals surface area contributed by atoms with Gasteiger partial charge in [0.25, 0.3) is 0 Å². The van der Waals surface area contributed by atoms with Gasteiger partial charge in [-0.25, -0.2) is 4.39 Å². The summed E-state index contributed by atoms with van der Waals surface area (Å²) in [4.78, 5) is 24.6. The lowest BCUT2D eigenvalue weighted by Crippen LogP contribution is -2.20. The van der Waals surface area contributed by atoms with E-state index in [1.807, 2.05) is 27.7 Å². The first-order valence-corrected chi connectivity index (χ1v) is 10.2. The number of rotatable bonds is 10. The van der Waals surface area contributed by atoms with Crippen molar-refractivity contribution in [2.24, 2.45) is 5.92 Å². The smallest absolute Gasteiger partial charge is 0.319 e. The molecule has 1 aromatic rings. The Labute approximate surface area is 164 Å². The SMILES string of the molecule is CCCOC(=O)C(CC)Sc1cc(NC(=O)CCC(C)C)c(F)cc1Cl. The molecule has 1 atom stereocenters. The van der Waals surface area contributed by atoms with E-state index in [2.05, 4.69) is 5.32 Å². The van der Waals surface area contributed by atoms with Crippen LogP contribution in [0.3, 0.4) is 0 Å². The molecule has 146 valence electrons. The maximum absolute atomic E-state index is 14.1. The van der Waals surface area contributed by atoms with Crippen LogP contribution in [0.2, 0.25) is 5.02 Å². The van der Waals surface area contributed by atoms with E-state index in [0.29, 0.717) is 30.3 Å². The fourth-order valence-electron chi connectivity index (χ4n) is 2.09. The highest BCUT2D eigenvalue weighted by Crippen LogP contribution is 2.36. The standard InChI is InChI=1S/C19H27ClFNO3S/c1-5-9-25-19(24)16(6-2)26-17-11-15(14(21)10-13(17)20)22-18(23)8-7-12(3)4/h10-12,16H,5-9H2,1-4H3,(H,22,23). The first-order valence-electron chi connectivity index (χ1n) is 8.90. The van der Waals surface area contributed by atoms with Crippen molar-refractivity contribution < 1.29 is 18.7 Å². The summed E-state index contributed by atoms with van der Waals surface area (Å²) in [5.41, 5.74) is 0.0717. The van der Waals surface area contributed by atoms with Crippen molar-refractivity contribution in [3.63, 3.8) is 0 Å². The van der Waals surface area contributed by atoms with Gasteiger partial charge in [0, 0.05) is 11.3 Å².